The average Bonchev–Trinajstić information content (AvgIpc) is 2.62. The maximum Gasteiger partial charge on any atom is 0.227 e. The molecule has 1 aromatic heterocycles. The van der Waals surface area contributed by atoms with Gasteiger partial charge in [-0.25, -0.2) is 0 Å². The van der Waals surface area contributed by atoms with Crippen LogP contribution in [0.5, 0.6) is 0 Å². The number of rotatable bonds is 6. The molecule has 0 unspecified atom stereocenters. The van der Waals surface area contributed by atoms with Gasteiger partial charge in [-0.15, -0.1) is 0 Å². The van der Waals surface area contributed by atoms with Gasteiger partial charge in [0.25, 0.3) is 0 Å². The third-order valence-corrected chi connectivity index (χ3v) is 4.84. The van der Waals surface area contributed by atoms with Crippen molar-refractivity contribution in [3.63, 3.8) is 0 Å². The third kappa shape index (κ3) is 3.75. The molecular weight excluding hydrogens is 330 g/mol. The predicted molar refractivity (Wildman–Crippen MR) is 97.3 cm³/mol. The van der Waals surface area contributed by atoms with Gasteiger partial charge in [-0.05, 0) is 17.2 Å². The largest absolute Gasteiger partial charge is 0.394 e. The molecule has 1 aromatic carbocycles. The Kier molecular flexibility index (Phi) is 5.63. The quantitative estimate of drug-likeness (QED) is 0.815. The number of carbonyl (C=O) groups excluding carboxylic acids is 2. The monoisotopic (exact) mass is 353 g/mol. The standard InChI is InChI=1S/C20H23N3O3/c1-14(25)22-12-17-20(16-7-3-2-4-8-16)18(13-24)23(17)19(26)10-15-6-5-9-21-11-15/h2-9,11,17-18,20,24H,10,12-13H2,1H3,(H,22,25)/t17-,18-,20-/m1/s1. The van der Waals surface area contributed by atoms with Crippen LogP contribution in [0.25, 0.3) is 0 Å². The van der Waals surface area contributed by atoms with Crippen LogP contribution >= 0.6 is 0 Å². The summed E-state index contributed by atoms with van der Waals surface area (Å²) in [5.74, 6) is -0.214. The number of amides is 2. The van der Waals surface area contributed by atoms with Crippen molar-refractivity contribution >= 4 is 11.8 Å². The molecule has 6 heteroatoms. The summed E-state index contributed by atoms with van der Waals surface area (Å²) in [5, 5.41) is 12.7. The topological polar surface area (TPSA) is 82.5 Å². The maximum absolute atomic E-state index is 12.9. The summed E-state index contributed by atoms with van der Waals surface area (Å²) in [5.41, 5.74) is 1.89. The van der Waals surface area contributed by atoms with Gasteiger partial charge in [0.2, 0.25) is 11.8 Å². The normalized spacial score (nSPS) is 21.8. The molecule has 1 aliphatic heterocycles. The second-order valence-corrected chi connectivity index (χ2v) is 6.53. The molecule has 1 fully saturated rings. The van der Waals surface area contributed by atoms with Crippen LogP contribution in [0.2, 0.25) is 0 Å². The lowest BCUT2D eigenvalue weighted by Crippen LogP contribution is -2.68. The fourth-order valence-corrected chi connectivity index (χ4v) is 3.68. The summed E-state index contributed by atoms with van der Waals surface area (Å²) in [6.07, 6.45) is 3.56. The smallest absolute Gasteiger partial charge is 0.227 e. The molecule has 2 amide bonds. The van der Waals surface area contributed by atoms with Gasteiger partial charge in [-0.1, -0.05) is 36.4 Å². The molecule has 136 valence electrons. The van der Waals surface area contributed by atoms with E-state index in [0.29, 0.717) is 6.54 Å². The highest BCUT2D eigenvalue weighted by molar-refractivity contribution is 5.81. The van der Waals surface area contributed by atoms with Gasteiger partial charge >= 0.3 is 0 Å². The molecule has 0 saturated carbocycles. The lowest BCUT2D eigenvalue weighted by atomic mass is 9.74. The van der Waals surface area contributed by atoms with Crippen LogP contribution in [0, 0.1) is 0 Å². The Morgan fingerprint density at radius 1 is 1.15 bits per heavy atom. The molecule has 2 heterocycles. The molecule has 0 spiro atoms. The minimum Gasteiger partial charge on any atom is -0.394 e. The van der Waals surface area contributed by atoms with E-state index >= 15 is 0 Å². The first kappa shape index (κ1) is 18.1. The van der Waals surface area contributed by atoms with Gasteiger partial charge in [0.1, 0.15) is 0 Å². The number of nitrogens with one attached hydrogen (secondary N) is 1. The maximum atomic E-state index is 12.9. The van der Waals surface area contributed by atoms with Gasteiger partial charge in [-0.3, -0.25) is 14.6 Å². The third-order valence-electron chi connectivity index (χ3n) is 4.84. The van der Waals surface area contributed by atoms with Crippen LogP contribution in [0.15, 0.2) is 54.9 Å². The summed E-state index contributed by atoms with van der Waals surface area (Å²) in [6, 6.07) is 13.0. The Labute approximate surface area is 152 Å². The van der Waals surface area contributed by atoms with Crippen molar-refractivity contribution in [2.24, 2.45) is 0 Å². The van der Waals surface area contributed by atoms with E-state index in [2.05, 4.69) is 10.3 Å². The molecular formula is C20H23N3O3. The highest BCUT2D eigenvalue weighted by Crippen LogP contribution is 2.40. The van der Waals surface area contributed by atoms with E-state index in [-0.39, 0.29) is 42.8 Å². The lowest BCUT2D eigenvalue weighted by molar-refractivity contribution is -0.150. The number of benzene rings is 1. The number of hydrogen-bond acceptors (Lipinski definition) is 4. The SMILES string of the molecule is CC(=O)NC[C@@H]1[C@@H](c2ccccc2)[C@@H](CO)N1C(=O)Cc1cccnc1. The van der Waals surface area contributed by atoms with E-state index in [1.54, 1.807) is 23.4 Å². The van der Waals surface area contributed by atoms with Gasteiger partial charge in [0.05, 0.1) is 25.1 Å². The predicted octanol–water partition coefficient (Wildman–Crippen LogP) is 1.12. The number of aromatic nitrogens is 1. The lowest BCUT2D eigenvalue weighted by Gasteiger charge is -2.55. The van der Waals surface area contributed by atoms with Gasteiger partial charge in [-0.2, -0.15) is 0 Å². The van der Waals surface area contributed by atoms with Crippen molar-refractivity contribution in [2.75, 3.05) is 13.2 Å². The van der Waals surface area contributed by atoms with Crippen molar-refractivity contribution in [1.29, 1.82) is 0 Å². The molecule has 2 N–H and O–H groups in total. The first-order chi connectivity index (χ1) is 12.6. The van der Waals surface area contributed by atoms with E-state index in [1.165, 1.54) is 6.92 Å². The molecule has 26 heavy (non-hydrogen) atoms. The van der Waals surface area contributed by atoms with Gasteiger partial charge < -0.3 is 15.3 Å². The molecule has 2 aromatic rings. The van der Waals surface area contributed by atoms with Crippen molar-refractivity contribution in [3.05, 3.63) is 66.0 Å². The highest BCUT2D eigenvalue weighted by atomic mass is 16.3. The summed E-state index contributed by atoms with van der Waals surface area (Å²) in [4.78, 5) is 30.0. The molecule has 1 saturated heterocycles. The van der Waals surface area contributed by atoms with Gasteiger partial charge in [0.15, 0.2) is 0 Å². The Morgan fingerprint density at radius 2 is 1.92 bits per heavy atom. The zero-order valence-corrected chi connectivity index (χ0v) is 14.7. The molecule has 6 nitrogen and oxygen atoms in total. The van der Waals surface area contributed by atoms with Crippen molar-refractivity contribution in [3.8, 4) is 0 Å². The second kappa shape index (κ2) is 8.10. The van der Waals surface area contributed by atoms with E-state index < -0.39 is 0 Å². The summed E-state index contributed by atoms with van der Waals surface area (Å²) in [6.45, 7) is 1.71. The fourth-order valence-electron chi connectivity index (χ4n) is 3.68. The minimum atomic E-state index is -0.291. The first-order valence-corrected chi connectivity index (χ1v) is 8.72. The molecule has 3 rings (SSSR count). The van der Waals surface area contributed by atoms with Crippen LogP contribution in [0.3, 0.4) is 0 Å². The number of carbonyl (C=O) groups is 2. The Morgan fingerprint density at radius 3 is 2.54 bits per heavy atom. The number of likely N-dealkylation sites (tertiary alicyclic amines) is 1. The van der Waals surface area contributed by atoms with Crippen LogP contribution in [-0.2, 0) is 16.0 Å². The molecule has 0 bridgehead atoms. The molecule has 0 radical (unpaired) electrons. The molecule has 1 aliphatic rings. The van der Waals surface area contributed by atoms with E-state index in [4.69, 9.17) is 0 Å². The Hall–Kier alpha value is -2.73. The highest BCUT2D eigenvalue weighted by Gasteiger charge is 2.50. The van der Waals surface area contributed by atoms with Crippen LogP contribution in [-0.4, -0.2) is 52.0 Å². The molecule has 0 aliphatic carbocycles. The van der Waals surface area contributed by atoms with E-state index in [0.717, 1.165) is 11.1 Å². The number of aliphatic hydroxyl groups excluding tert-OH is 1. The zero-order chi connectivity index (χ0) is 18.5. The van der Waals surface area contributed by atoms with Crippen LogP contribution in [0.1, 0.15) is 24.0 Å². The fraction of sp³-hybridized carbons (Fsp3) is 0.350. The number of nitrogens with zero attached hydrogens (tertiary/aromatic N) is 2. The van der Waals surface area contributed by atoms with Crippen LogP contribution < -0.4 is 5.32 Å². The second-order valence-electron chi connectivity index (χ2n) is 6.53. The summed E-state index contributed by atoms with van der Waals surface area (Å²) >= 11 is 0. The summed E-state index contributed by atoms with van der Waals surface area (Å²) < 4.78 is 0. The number of hydrogen-bond donors (Lipinski definition) is 2. The first-order valence-electron chi connectivity index (χ1n) is 8.72. The Balaban J connectivity index is 1.81. The Bertz CT molecular complexity index is 751. The van der Waals surface area contributed by atoms with E-state index in [9.17, 15) is 14.7 Å². The van der Waals surface area contributed by atoms with Crippen molar-refractivity contribution in [1.82, 2.24) is 15.2 Å². The van der Waals surface area contributed by atoms with Gasteiger partial charge in [0, 0.05) is 31.8 Å². The number of aliphatic hydroxyl groups is 1. The zero-order valence-electron chi connectivity index (χ0n) is 14.7. The average molecular weight is 353 g/mol. The molecule has 3 atom stereocenters. The van der Waals surface area contributed by atoms with Crippen molar-refractivity contribution in [2.45, 2.75) is 31.3 Å². The van der Waals surface area contributed by atoms with E-state index in [1.807, 2.05) is 36.4 Å². The summed E-state index contributed by atoms with van der Waals surface area (Å²) in [7, 11) is 0. The van der Waals surface area contributed by atoms with Crippen LogP contribution in [0.4, 0.5) is 0 Å². The number of pyridine rings is 1. The van der Waals surface area contributed by atoms with Crippen molar-refractivity contribution < 1.29 is 14.7 Å². The minimum absolute atomic E-state index is 0.00843.